The van der Waals surface area contributed by atoms with Crippen molar-refractivity contribution in [3.63, 3.8) is 0 Å². The number of aliphatic hydroxyl groups is 1. The molecule has 4 unspecified atom stereocenters. The van der Waals surface area contributed by atoms with E-state index < -0.39 is 36.4 Å². The number of nitrogens with zero attached hydrogens (tertiary/aromatic N) is 2. The van der Waals surface area contributed by atoms with Crippen LogP contribution in [0.25, 0.3) is 16.7 Å². The van der Waals surface area contributed by atoms with Gasteiger partial charge in [0.25, 0.3) is 5.91 Å². The van der Waals surface area contributed by atoms with E-state index in [4.69, 9.17) is 118 Å². The number of phenolic OH excluding ortho intramolecular Hbond substituents is 1. The van der Waals surface area contributed by atoms with E-state index in [1.54, 1.807) is 129 Å². The molecule has 104 heavy (non-hydrogen) atoms. The van der Waals surface area contributed by atoms with E-state index in [0.29, 0.717) is 131 Å². The summed E-state index contributed by atoms with van der Waals surface area (Å²) < 4.78 is 44.4. The first-order valence-electron chi connectivity index (χ1n) is 32.3. The third-order valence-corrected chi connectivity index (χ3v) is 18.7. The van der Waals surface area contributed by atoms with E-state index in [-0.39, 0.29) is 42.3 Å². The van der Waals surface area contributed by atoms with Gasteiger partial charge in [-0.15, -0.1) is 6.58 Å². The topological polar surface area (TPSA) is 226 Å². The second-order valence-corrected chi connectivity index (χ2v) is 28.2. The zero-order valence-electron chi connectivity index (χ0n) is 57.1. The molecule has 1 amide bonds. The number of aromatic hydroxyl groups is 1. The number of fused-ring (bicyclic) bond motifs is 3. The molecule has 554 valence electrons. The number of β-amino-alcohol motifs (C(OH)–C–C–N with tert-alkyl or cyclic N) is 1. The molecular formula is C77H77Br3Cl6N2O16. The third kappa shape index (κ3) is 26.7. The van der Waals surface area contributed by atoms with E-state index in [2.05, 4.69) is 79.0 Å². The third-order valence-electron chi connectivity index (χ3n) is 15.4. The zero-order chi connectivity index (χ0) is 76.3. The number of likely N-dealkylation sites (tertiary alicyclic amines) is 1. The van der Waals surface area contributed by atoms with Gasteiger partial charge in [-0.25, -0.2) is 19.2 Å². The van der Waals surface area contributed by atoms with Gasteiger partial charge in [0.2, 0.25) is 0 Å². The molecule has 4 heterocycles. The van der Waals surface area contributed by atoms with Crippen LogP contribution in [0.4, 0.5) is 0 Å². The van der Waals surface area contributed by atoms with Crippen LogP contribution >= 0.6 is 117 Å². The number of likely N-dealkylation sites (N-methyl/N-ethyl adjacent to an activating group) is 1. The maximum Gasteiger partial charge on any atom is 0.347 e. The summed E-state index contributed by atoms with van der Waals surface area (Å²) in [5, 5.41) is 31.3. The average molecular weight is 1740 g/mol. The van der Waals surface area contributed by atoms with Crippen LogP contribution in [0.3, 0.4) is 0 Å². The van der Waals surface area contributed by atoms with Gasteiger partial charge in [-0.1, -0.05) is 126 Å². The van der Waals surface area contributed by atoms with Gasteiger partial charge in [0, 0.05) is 99.2 Å². The molecule has 0 aliphatic carbocycles. The molecule has 0 radical (unpaired) electrons. The highest BCUT2D eigenvalue weighted by Crippen LogP contribution is 2.40. The lowest BCUT2D eigenvalue weighted by molar-refractivity contribution is -0.152. The van der Waals surface area contributed by atoms with Crippen LogP contribution in [0.5, 0.6) is 34.5 Å². The van der Waals surface area contributed by atoms with Crippen LogP contribution in [0.1, 0.15) is 81.2 Å². The molecule has 11 rings (SSSR count). The maximum absolute atomic E-state index is 13.4. The molecule has 27 heteroatoms. The van der Waals surface area contributed by atoms with Crippen molar-refractivity contribution in [2.24, 2.45) is 0 Å². The number of amides is 1. The second kappa shape index (κ2) is 42.8. The number of carbonyl (C=O) groups is 5. The molecule has 0 saturated carbocycles. The fourth-order valence-electron chi connectivity index (χ4n) is 10.3. The second-order valence-electron chi connectivity index (χ2n) is 23.1. The van der Waals surface area contributed by atoms with Crippen LogP contribution in [0, 0.1) is 0 Å². The number of rotatable bonds is 18. The number of phenols is 1. The van der Waals surface area contributed by atoms with Crippen molar-refractivity contribution in [3.8, 4) is 34.5 Å². The van der Waals surface area contributed by atoms with Crippen molar-refractivity contribution in [3.05, 3.63) is 238 Å². The number of aliphatic carboxylic acids is 1. The van der Waals surface area contributed by atoms with Crippen molar-refractivity contribution in [1.82, 2.24) is 9.80 Å². The summed E-state index contributed by atoms with van der Waals surface area (Å²) in [5.41, 5.74) is 6.01. The lowest BCUT2D eigenvalue weighted by Crippen LogP contribution is -2.45. The lowest BCUT2D eigenvalue weighted by Gasteiger charge is -2.36. The Morgan fingerprint density at radius 2 is 1.06 bits per heavy atom. The van der Waals surface area contributed by atoms with Crippen LogP contribution in [0.15, 0.2) is 185 Å². The fraction of sp³-hybridized carbons (Fsp3) is 0.286. The summed E-state index contributed by atoms with van der Waals surface area (Å²) in [7, 11) is 1.83. The molecule has 0 aromatic heterocycles. The molecule has 6 atom stereocenters. The standard InChI is InChI=1S/C24H27ClN2O3.C13H14BrClO3.C13H13ClO3.C11H9ClO3.C10H10BrClO3.C6H4BrClO/c1-16-12-23(30-22-9-8-18(25)13-20(16)22)24(29)26(2)21(17-6-4-3-5-7-17)15-27-11-10-19(28)14-27;1-3-5-12(13(16)17-4-2)18-11-7-6-9(15)8-10(11)14;1-3-16-13(15)12-6-8(2)10-7-9(14)4-5-11(10)17-12;1-6-4-10(11(13)14)15-9-3-2-7(12)5-8(6)9;1-2-14-10(13)6-15-9-4-3-7(12)5-8(9)11;7-5-3-4(8)1-2-6(5)9/h3-9,13,19,21,23,28H,1,10-12,14-15H2,2H3;3,6-8,12H,1,4-5H2,2H3;4-5,7,12H,2-3,6H2,1H3;2-3,5,10H,1,4H2,(H,13,14);3-5H,2,6H2,1H3;1-3,9H/t19-,21+,23?;;;;;/m0...../s1. The number of carboxylic acid groups (broad SMARTS) is 1. The van der Waals surface area contributed by atoms with Gasteiger partial charge in [-0.3, -0.25) is 9.69 Å². The van der Waals surface area contributed by atoms with Crippen LogP contribution in [-0.4, -0.2) is 139 Å². The smallest absolute Gasteiger partial charge is 0.347 e. The number of aliphatic hydroxyl groups excluding tert-OH is 1. The minimum atomic E-state index is -0.975. The number of ether oxygens (including phenoxy) is 8. The minimum absolute atomic E-state index is 0.0784. The molecule has 3 N–H and O–H groups in total. The molecule has 18 nitrogen and oxygen atoms in total. The Labute approximate surface area is 660 Å². The highest BCUT2D eigenvalue weighted by atomic mass is 79.9. The average Bonchev–Trinajstić information content (AvgIpc) is 0.839. The number of benzene rings is 7. The Bertz CT molecular complexity index is 4170. The van der Waals surface area contributed by atoms with Gasteiger partial charge in [0.05, 0.1) is 45.4 Å². The summed E-state index contributed by atoms with van der Waals surface area (Å²) in [5.74, 6) is 0.911. The largest absolute Gasteiger partial charge is 0.507 e. The van der Waals surface area contributed by atoms with Crippen LogP contribution in [-0.2, 0) is 38.2 Å². The SMILES string of the molecule is C=C1CC(C(=O)N(C)[C@H](CN2CC[C@H](O)C2)c2ccccc2)Oc2ccc(Cl)cc21.C=C1CC(C(=O)O)Oc2ccc(Cl)cc21.C=C1CC(C(=O)OCC)Oc2ccc(Cl)cc21.C=CCC(Oc1ccc(Cl)cc1Br)C(=O)OCC.CCOC(=O)COc1ccc(Cl)cc1Br.Oc1ccc(Cl)cc1Br. The quantitative estimate of drug-likeness (QED) is 0.0412. The van der Waals surface area contributed by atoms with Crippen LogP contribution in [0.2, 0.25) is 30.1 Å². The summed E-state index contributed by atoms with van der Waals surface area (Å²) in [4.78, 5) is 62.5. The minimum Gasteiger partial charge on any atom is -0.507 e. The van der Waals surface area contributed by atoms with E-state index >= 15 is 0 Å². The van der Waals surface area contributed by atoms with Gasteiger partial charge >= 0.3 is 23.9 Å². The molecule has 7 aromatic rings. The predicted molar refractivity (Wildman–Crippen MR) is 419 cm³/mol. The van der Waals surface area contributed by atoms with E-state index in [1.165, 1.54) is 6.07 Å². The summed E-state index contributed by atoms with van der Waals surface area (Å²) in [6.07, 6.45) is 0.878. The molecule has 1 fully saturated rings. The number of halogens is 9. The van der Waals surface area contributed by atoms with Crippen molar-refractivity contribution in [1.29, 1.82) is 0 Å². The van der Waals surface area contributed by atoms with Crippen molar-refractivity contribution in [2.75, 3.05) is 53.1 Å². The number of carbonyl (C=O) groups excluding carboxylic acids is 4. The zero-order valence-corrected chi connectivity index (χ0v) is 66.4. The summed E-state index contributed by atoms with van der Waals surface area (Å²) >= 11 is 44.7. The van der Waals surface area contributed by atoms with E-state index in [9.17, 15) is 29.1 Å². The monoisotopic (exact) mass is 1730 g/mol. The Balaban J connectivity index is 0.000000203. The van der Waals surface area contributed by atoms with Crippen molar-refractivity contribution in [2.45, 2.75) is 89.4 Å². The lowest BCUT2D eigenvalue weighted by atomic mass is 9.96. The van der Waals surface area contributed by atoms with Gasteiger partial charge in [0.15, 0.2) is 31.0 Å². The van der Waals surface area contributed by atoms with Gasteiger partial charge in [-0.05, 0) is 206 Å². The van der Waals surface area contributed by atoms with Gasteiger partial charge in [0.1, 0.15) is 34.5 Å². The highest BCUT2D eigenvalue weighted by molar-refractivity contribution is 9.11. The van der Waals surface area contributed by atoms with Gasteiger partial charge in [-0.2, -0.15) is 0 Å². The number of hydrogen-bond donors (Lipinski definition) is 3. The van der Waals surface area contributed by atoms with Crippen molar-refractivity contribution < 1.29 is 77.2 Å². The Morgan fingerprint density at radius 3 is 1.52 bits per heavy atom. The van der Waals surface area contributed by atoms with Crippen molar-refractivity contribution >= 4 is 164 Å². The molecule has 7 aromatic carbocycles. The number of esters is 3. The summed E-state index contributed by atoms with van der Waals surface area (Å²) in [6, 6.07) is 40.6. The van der Waals surface area contributed by atoms with E-state index in [1.807, 2.05) is 43.4 Å². The fourth-order valence-corrected chi connectivity index (χ4v) is 13.1. The molecule has 4 aliphatic heterocycles. The van der Waals surface area contributed by atoms with E-state index in [0.717, 1.165) is 51.9 Å². The first kappa shape index (κ1) is 85.7. The molecule has 4 aliphatic rings. The maximum atomic E-state index is 13.4. The number of carboxylic acids is 1. The first-order chi connectivity index (χ1) is 49.5. The predicted octanol–water partition coefficient (Wildman–Crippen LogP) is 19.3. The molecule has 0 spiro atoms. The Kier molecular flexibility index (Phi) is 35.2. The first-order valence-corrected chi connectivity index (χ1v) is 37.0. The summed E-state index contributed by atoms with van der Waals surface area (Å²) in [6.45, 7) is 23.8. The Hall–Kier alpha value is -7.25. The normalized spacial score (nSPS) is 16.5. The van der Waals surface area contributed by atoms with Gasteiger partial charge < -0.3 is 58.1 Å². The number of hydrogen-bond acceptors (Lipinski definition) is 16. The molecule has 1 saturated heterocycles. The molecule has 0 bridgehead atoms. The van der Waals surface area contributed by atoms with Crippen LogP contribution < -0.4 is 23.7 Å². The highest BCUT2D eigenvalue weighted by Gasteiger charge is 2.36. The molecular weight excluding hydrogens is 1660 g/mol. The Morgan fingerprint density at radius 1 is 0.606 bits per heavy atom.